The van der Waals surface area contributed by atoms with Crippen LogP contribution in [0.3, 0.4) is 0 Å². The van der Waals surface area contributed by atoms with Gasteiger partial charge in [0, 0.05) is 16.4 Å². The number of anilines is 2. The zero-order chi connectivity index (χ0) is 14.5. The van der Waals surface area contributed by atoms with Gasteiger partial charge in [-0.1, -0.05) is 22.0 Å². The number of halogens is 1. The van der Waals surface area contributed by atoms with Crippen molar-refractivity contribution in [3.8, 4) is 0 Å². The Morgan fingerprint density at radius 1 is 1.10 bits per heavy atom. The van der Waals surface area contributed by atoms with Crippen LogP contribution in [0.5, 0.6) is 0 Å². The third kappa shape index (κ3) is 3.79. The van der Waals surface area contributed by atoms with E-state index in [1.165, 1.54) is 18.5 Å². The summed E-state index contributed by atoms with van der Waals surface area (Å²) >= 11 is 3.30. The highest BCUT2D eigenvalue weighted by molar-refractivity contribution is 9.10. The van der Waals surface area contributed by atoms with Crippen LogP contribution in [0.15, 0.2) is 47.2 Å². The number of carboxylic acids is 1. The molecule has 2 rings (SSSR count). The third-order valence-electron chi connectivity index (χ3n) is 2.33. The molecule has 2 amide bonds. The lowest BCUT2D eigenvalue weighted by molar-refractivity contribution is 0.0696. The van der Waals surface area contributed by atoms with Gasteiger partial charge < -0.3 is 15.7 Å². The van der Waals surface area contributed by atoms with E-state index in [-0.39, 0.29) is 5.56 Å². The first-order valence-electron chi connectivity index (χ1n) is 5.56. The van der Waals surface area contributed by atoms with Gasteiger partial charge in [-0.05, 0) is 24.3 Å². The molecular weight excluding hydrogens is 326 g/mol. The molecular formula is C13H10BrN3O3. The zero-order valence-corrected chi connectivity index (χ0v) is 11.7. The third-order valence-corrected chi connectivity index (χ3v) is 2.82. The molecule has 0 aliphatic rings. The molecule has 6 nitrogen and oxygen atoms in total. The van der Waals surface area contributed by atoms with E-state index in [0.717, 1.165) is 4.47 Å². The van der Waals surface area contributed by atoms with Gasteiger partial charge in [0.2, 0.25) is 0 Å². The first kappa shape index (κ1) is 14.0. The Balaban J connectivity index is 2.04. The lowest BCUT2D eigenvalue weighted by Gasteiger charge is -2.08. The molecule has 1 aromatic carbocycles. The van der Waals surface area contributed by atoms with Crippen LogP contribution in [0.2, 0.25) is 0 Å². The molecule has 2 aromatic rings. The van der Waals surface area contributed by atoms with Crippen molar-refractivity contribution in [3.05, 3.63) is 52.8 Å². The van der Waals surface area contributed by atoms with Crippen molar-refractivity contribution in [1.82, 2.24) is 4.98 Å². The zero-order valence-electron chi connectivity index (χ0n) is 10.1. The number of amides is 2. The molecule has 0 fully saturated rings. The fourth-order valence-electron chi connectivity index (χ4n) is 1.48. The molecule has 1 heterocycles. The predicted molar refractivity (Wildman–Crippen MR) is 78.0 cm³/mol. The molecule has 0 spiro atoms. The first-order valence-corrected chi connectivity index (χ1v) is 6.36. The summed E-state index contributed by atoms with van der Waals surface area (Å²) in [7, 11) is 0. The van der Waals surface area contributed by atoms with E-state index >= 15 is 0 Å². The number of aromatic nitrogens is 1. The maximum atomic E-state index is 11.8. The number of hydrogen-bond acceptors (Lipinski definition) is 3. The molecule has 0 bridgehead atoms. The Kier molecular flexibility index (Phi) is 4.31. The number of benzene rings is 1. The second kappa shape index (κ2) is 6.16. The standard InChI is InChI=1S/C13H10BrN3O3/c14-9-2-1-3-10(5-9)16-13(20)17-11-4-8(12(18)19)6-15-7-11/h1-7H,(H,18,19)(H2,16,17,20). The largest absolute Gasteiger partial charge is 0.478 e. The first-order chi connectivity index (χ1) is 9.54. The number of nitrogens with zero attached hydrogens (tertiary/aromatic N) is 1. The van der Waals surface area contributed by atoms with Gasteiger partial charge in [-0.15, -0.1) is 0 Å². The summed E-state index contributed by atoms with van der Waals surface area (Å²) in [5.41, 5.74) is 0.918. The van der Waals surface area contributed by atoms with E-state index < -0.39 is 12.0 Å². The van der Waals surface area contributed by atoms with E-state index in [9.17, 15) is 9.59 Å². The van der Waals surface area contributed by atoms with E-state index in [2.05, 4.69) is 31.5 Å². The average molecular weight is 336 g/mol. The Morgan fingerprint density at radius 3 is 2.55 bits per heavy atom. The highest BCUT2D eigenvalue weighted by Crippen LogP contribution is 2.16. The molecule has 0 atom stereocenters. The molecule has 20 heavy (non-hydrogen) atoms. The fourth-order valence-corrected chi connectivity index (χ4v) is 1.88. The predicted octanol–water partition coefficient (Wildman–Crippen LogP) is 3.19. The highest BCUT2D eigenvalue weighted by Gasteiger charge is 2.07. The van der Waals surface area contributed by atoms with Gasteiger partial charge in [0.05, 0.1) is 17.4 Å². The molecule has 0 saturated heterocycles. The second-order valence-corrected chi connectivity index (χ2v) is 4.77. The van der Waals surface area contributed by atoms with Gasteiger partial charge in [0.25, 0.3) is 0 Å². The summed E-state index contributed by atoms with van der Waals surface area (Å²) < 4.78 is 0.838. The number of carboxylic acid groups (broad SMARTS) is 1. The number of aromatic carboxylic acids is 1. The maximum Gasteiger partial charge on any atom is 0.337 e. The van der Waals surface area contributed by atoms with Crippen molar-refractivity contribution in [2.45, 2.75) is 0 Å². The molecule has 3 N–H and O–H groups in total. The summed E-state index contributed by atoms with van der Waals surface area (Å²) in [6, 6.07) is 7.94. The normalized spacial score (nSPS) is 9.85. The monoisotopic (exact) mass is 335 g/mol. The van der Waals surface area contributed by atoms with Gasteiger partial charge >= 0.3 is 12.0 Å². The van der Waals surface area contributed by atoms with Crippen LogP contribution >= 0.6 is 15.9 Å². The number of carbonyl (C=O) groups is 2. The van der Waals surface area contributed by atoms with E-state index in [1.54, 1.807) is 18.2 Å². The topological polar surface area (TPSA) is 91.3 Å². The van der Waals surface area contributed by atoms with Crippen LogP contribution in [0.25, 0.3) is 0 Å². The van der Waals surface area contributed by atoms with Crippen molar-refractivity contribution >= 4 is 39.3 Å². The van der Waals surface area contributed by atoms with Crippen LogP contribution in [0.1, 0.15) is 10.4 Å². The Labute approximate surface area is 123 Å². The second-order valence-electron chi connectivity index (χ2n) is 3.86. The molecule has 0 aliphatic carbocycles. The summed E-state index contributed by atoms with van der Waals surface area (Å²) in [5.74, 6) is -1.10. The summed E-state index contributed by atoms with van der Waals surface area (Å²) in [6.45, 7) is 0. The van der Waals surface area contributed by atoms with Crippen LogP contribution in [-0.4, -0.2) is 22.1 Å². The van der Waals surface area contributed by atoms with Gasteiger partial charge in [-0.2, -0.15) is 0 Å². The minimum Gasteiger partial charge on any atom is -0.478 e. The molecule has 7 heteroatoms. The SMILES string of the molecule is O=C(Nc1cccc(Br)c1)Nc1cncc(C(=O)O)c1. The van der Waals surface area contributed by atoms with Gasteiger partial charge in [0.1, 0.15) is 0 Å². The van der Waals surface area contributed by atoms with Gasteiger partial charge in [0.15, 0.2) is 0 Å². The maximum absolute atomic E-state index is 11.8. The smallest absolute Gasteiger partial charge is 0.337 e. The van der Waals surface area contributed by atoms with E-state index in [4.69, 9.17) is 5.11 Å². The van der Waals surface area contributed by atoms with Crippen molar-refractivity contribution in [2.24, 2.45) is 0 Å². The number of rotatable bonds is 3. The van der Waals surface area contributed by atoms with Crippen molar-refractivity contribution in [2.75, 3.05) is 10.6 Å². The minimum absolute atomic E-state index is 0.00487. The highest BCUT2D eigenvalue weighted by atomic mass is 79.9. The quantitative estimate of drug-likeness (QED) is 0.803. The Bertz CT molecular complexity index is 661. The van der Waals surface area contributed by atoms with Crippen LogP contribution in [-0.2, 0) is 0 Å². The number of nitrogens with one attached hydrogen (secondary N) is 2. The van der Waals surface area contributed by atoms with E-state index in [0.29, 0.717) is 11.4 Å². The Hall–Kier alpha value is -2.41. The average Bonchev–Trinajstić information content (AvgIpc) is 2.38. The minimum atomic E-state index is -1.10. The van der Waals surface area contributed by atoms with Crippen LogP contribution in [0.4, 0.5) is 16.2 Å². The summed E-state index contributed by atoms with van der Waals surface area (Å²) in [4.78, 5) is 26.3. The Morgan fingerprint density at radius 2 is 1.85 bits per heavy atom. The number of hydrogen-bond donors (Lipinski definition) is 3. The summed E-state index contributed by atoms with van der Waals surface area (Å²) in [5, 5.41) is 14.0. The number of carbonyl (C=O) groups excluding carboxylic acids is 1. The molecule has 0 radical (unpaired) electrons. The van der Waals surface area contributed by atoms with Crippen molar-refractivity contribution < 1.29 is 14.7 Å². The van der Waals surface area contributed by atoms with Crippen molar-refractivity contribution in [1.29, 1.82) is 0 Å². The molecule has 0 unspecified atom stereocenters. The van der Waals surface area contributed by atoms with Gasteiger partial charge in [-0.3, -0.25) is 4.98 Å². The molecule has 102 valence electrons. The lowest BCUT2D eigenvalue weighted by atomic mass is 10.2. The number of pyridine rings is 1. The summed E-state index contributed by atoms with van der Waals surface area (Å²) in [6.07, 6.45) is 2.58. The van der Waals surface area contributed by atoms with Crippen LogP contribution in [0, 0.1) is 0 Å². The fraction of sp³-hybridized carbons (Fsp3) is 0. The van der Waals surface area contributed by atoms with E-state index in [1.807, 2.05) is 6.07 Å². The van der Waals surface area contributed by atoms with Gasteiger partial charge in [-0.25, -0.2) is 9.59 Å². The molecule has 1 aromatic heterocycles. The van der Waals surface area contributed by atoms with Crippen LogP contribution < -0.4 is 10.6 Å². The lowest BCUT2D eigenvalue weighted by Crippen LogP contribution is -2.19. The van der Waals surface area contributed by atoms with Crippen molar-refractivity contribution in [3.63, 3.8) is 0 Å². The molecule has 0 aliphatic heterocycles. The number of urea groups is 1. The molecule has 0 saturated carbocycles.